The molecule has 0 bridgehead atoms. The predicted octanol–water partition coefficient (Wildman–Crippen LogP) is 3.50. The summed E-state index contributed by atoms with van der Waals surface area (Å²) in [6.07, 6.45) is 0. The van der Waals surface area contributed by atoms with Gasteiger partial charge in [-0.2, -0.15) is 0 Å². The lowest BCUT2D eigenvalue weighted by atomic mass is 10.1. The van der Waals surface area contributed by atoms with Crippen molar-refractivity contribution in [3.05, 3.63) is 51.5 Å². The van der Waals surface area contributed by atoms with E-state index in [-0.39, 0.29) is 0 Å². The van der Waals surface area contributed by atoms with Crippen LogP contribution in [0.3, 0.4) is 0 Å². The molecule has 1 N–H and O–H groups in total. The molecule has 5 nitrogen and oxygen atoms in total. The number of guanidine groups is 1. The number of rotatable bonds is 8. The number of nitrogens with one attached hydrogen (secondary N) is 1. The molecule has 2 aromatic rings. The fourth-order valence-electron chi connectivity index (χ4n) is 2.83. The average molecular weight is 374 g/mol. The summed E-state index contributed by atoms with van der Waals surface area (Å²) in [6.45, 7) is 11.1. The van der Waals surface area contributed by atoms with E-state index >= 15 is 0 Å². The normalized spacial score (nSPS) is 11.8. The monoisotopic (exact) mass is 373 g/mol. The van der Waals surface area contributed by atoms with Crippen LogP contribution in [-0.4, -0.2) is 47.9 Å². The maximum absolute atomic E-state index is 4.52. The fraction of sp³-hybridized carbons (Fsp3) is 0.500. The number of hydrogen-bond donors (Lipinski definition) is 1. The van der Waals surface area contributed by atoms with Crippen LogP contribution in [0.4, 0.5) is 0 Å². The highest BCUT2D eigenvalue weighted by molar-refractivity contribution is 7.09. The van der Waals surface area contributed by atoms with Crippen molar-refractivity contribution < 1.29 is 0 Å². The lowest BCUT2D eigenvalue weighted by Gasteiger charge is -2.21. The third-order valence-corrected chi connectivity index (χ3v) is 5.24. The number of aryl methyl sites for hydroxylation is 1. The first-order valence-corrected chi connectivity index (χ1v) is 10.1. The van der Waals surface area contributed by atoms with E-state index in [1.165, 1.54) is 11.1 Å². The van der Waals surface area contributed by atoms with Gasteiger partial charge in [0.25, 0.3) is 0 Å². The van der Waals surface area contributed by atoms with Crippen LogP contribution in [0, 0.1) is 6.92 Å². The van der Waals surface area contributed by atoms with E-state index in [1.807, 2.05) is 21.0 Å². The second kappa shape index (κ2) is 10.3. The molecule has 0 unspecified atom stereocenters. The molecule has 142 valence electrons. The molecule has 0 radical (unpaired) electrons. The van der Waals surface area contributed by atoms with Crippen molar-refractivity contribution in [3.8, 4) is 0 Å². The Morgan fingerprint density at radius 2 is 1.77 bits per heavy atom. The van der Waals surface area contributed by atoms with Crippen LogP contribution < -0.4 is 5.32 Å². The number of hydrogen-bond acceptors (Lipinski definition) is 4. The van der Waals surface area contributed by atoms with Gasteiger partial charge in [-0.1, -0.05) is 38.1 Å². The Hall–Kier alpha value is -1.92. The van der Waals surface area contributed by atoms with Gasteiger partial charge in [0.2, 0.25) is 0 Å². The summed E-state index contributed by atoms with van der Waals surface area (Å²) in [5, 5.41) is 6.64. The SMILES string of the molecule is CCN(CC)Cc1ccc(CNC(=NC)N(C)Cc2csc(C)n2)cc1. The van der Waals surface area contributed by atoms with Crippen molar-refractivity contribution in [2.45, 2.75) is 40.4 Å². The van der Waals surface area contributed by atoms with Gasteiger partial charge in [0.1, 0.15) is 0 Å². The van der Waals surface area contributed by atoms with E-state index in [0.29, 0.717) is 0 Å². The van der Waals surface area contributed by atoms with Crippen molar-refractivity contribution in [3.63, 3.8) is 0 Å². The minimum absolute atomic E-state index is 0.757. The van der Waals surface area contributed by atoms with Crippen molar-refractivity contribution in [2.75, 3.05) is 27.2 Å². The molecule has 0 spiro atoms. The maximum atomic E-state index is 4.52. The molecule has 2 rings (SSSR count). The first-order valence-electron chi connectivity index (χ1n) is 9.18. The molecule has 0 saturated heterocycles. The Kier molecular flexibility index (Phi) is 8.06. The Labute approximate surface area is 161 Å². The Morgan fingerprint density at radius 3 is 2.31 bits per heavy atom. The predicted molar refractivity (Wildman–Crippen MR) is 112 cm³/mol. The maximum Gasteiger partial charge on any atom is 0.194 e. The molecule has 0 aliphatic heterocycles. The van der Waals surface area contributed by atoms with E-state index in [4.69, 9.17) is 0 Å². The van der Waals surface area contributed by atoms with Crippen molar-refractivity contribution >= 4 is 17.3 Å². The standard InChI is InChI=1S/C20H31N5S/c1-6-25(7-2)13-18-10-8-17(9-11-18)12-22-20(21-4)24(5)14-19-15-26-16(3)23-19/h8-11,15H,6-7,12-14H2,1-5H3,(H,21,22). The molecule has 26 heavy (non-hydrogen) atoms. The minimum Gasteiger partial charge on any atom is -0.352 e. The first kappa shape index (κ1) is 20.4. The zero-order valence-electron chi connectivity index (χ0n) is 16.6. The highest BCUT2D eigenvalue weighted by atomic mass is 32.1. The number of nitrogens with zero attached hydrogens (tertiary/aromatic N) is 4. The molecular formula is C20H31N5S. The summed E-state index contributed by atoms with van der Waals surface area (Å²) < 4.78 is 0. The van der Waals surface area contributed by atoms with E-state index in [9.17, 15) is 0 Å². The summed E-state index contributed by atoms with van der Waals surface area (Å²) >= 11 is 1.68. The zero-order valence-corrected chi connectivity index (χ0v) is 17.4. The lowest BCUT2D eigenvalue weighted by molar-refractivity contribution is 0.296. The first-order chi connectivity index (χ1) is 12.5. The molecule has 6 heteroatoms. The van der Waals surface area contributed by atoms with E-state index < -0.39 is 0 Å². The average Bonchev–Trinajstić information content (AvgIpc) is 3.06. The van der Waals surface area contributed by atoms with Gasteiger partial charge in [0, 0.05) is 32.6 Å². The second-order valence-corrected chi connectivity index (χ2v) is 7.45. The van der Waals surface area contributed by atoms with Crippen LogP contribution in [-0.2, 0) is 19.6 Å². The largest absolute Gasteiger partial charge is 0.352 e. The van der Waals surface area contributed by atoms with Gasteiger partial charge < -0.3 is 10.2 Å². The minimum atomic E-state index is 0.757. The Bertz CT molecular complexity index is 688. The Balaban J connectivity index is 1.87. The van der Waals surface area contributed by atoms with Gasteiger partial charge in [0.15, 0.2) is 5.96 Å². The van der Waals surface area contributed by atoms with Gasteiger partial charge in [-0.3, -0.25) is 9.89 Å². The smallest absolute Gasteiger partial charge is 0.194 e. The molecule has 1 aromatic carbocycles. The molecule has 0 atom stereocenters. The van der Waals surface area contributed by atoms with Crippen molar-refractivity contribution in [1.82, 2.24) is 20.1 Å². The Morgan fingerprint density at radius 1 is 1.12 bits per heavy atom. The number of thiazole rings is 1. The highest BCUT2D eigenvalue weighted by Crippen LogP contribution is 2.10. The van der Waals surface area contributed by atoms with Crippen molar-refractivity contribution in [1.29, 1.82) is 0 Å². The number of benzene rings is 1. The second-order valence-electron chi connectivity index (χ2n) is 6.39. The van der Waals surface area contributed by atoms with E-state index in [2.05, 4.69) is 68.6 Å². The van der Waals surface area contributed by atoms with Gasteiger partial charge in [-0.25, -0.2) is 4.98 Å². The van der Waals surface area contributed by atoms with Crippen LogP contribution in [0.15, 0.2) is 34.6 Å². The van der Waals surface area contributed by atoms with Gasteiger partial charge in [-0.05, 0) is 31.1 Å². The highest BCUT2D eigenvalue weighted by Gasteiger charge is 2.09. The van der Waals surface area contributed by atoms with Crippen LogP contribution in [0.1, 0.15) is 35.7 Å². The topological polar surface area (TPSA) is 43.8 Å². The summed E-state index contributed by atoms with van der Waals surface area (Å²) in [5.74, 6) is 0.878. The van der Waals surface area contributed by atoms with Crippen LogP contribution in [0.2, 0.25) is 0 Å². The van der Waals surface area contributed by atoms with Crippen LogP contribution >= 0.6 is 11.3 Å². The molecular weight excluding hydrogens is 342 g/mol. The quantitative estimate of drug-likeness (QED) is 0.568. The van der Waals surface area contributed by atoms with Crippen LogP contribution in [0.25, 0.3) is 0 Å². The lowest BCUT2D eigenvalue weighted by Crippen LogP contribution is -2.38. The fourth-order valence-corrected chi connectivity index (χ4v) is 3.44. The third-order valence-electron chi connectivity index (χ3n) is 4.41. The van der Waals surface area contributed by atoms with Gasteiger partial charge in [0.05, 0.1) is 17.2 Å². The molecule has 0 saturated carbocycles. The molecule has 0 fully saturated rings. The van der Waals surface area contributed by atoms with Gasteiger partial charge in [-0.15, -0.1) is 11.3 Å². The van der Waals surface area contributed by atoms with Crippen molar-refractivity contribution in [2.24, 2.45) is 4.99 Å². The molecule has 0 amide bonds. The van der Waals surface area contributed by atoms with Crippen LogP contribution in [0.5, 0.6) is 0 Å². The zero-order chi connectivity index (χ0) is 18.9. The van der Waals surface area contributed by atoms with Gasteiger partial charge >= 0.3 is 0 Å². The third kappa shape index (κ3) is 6.11. The summed E-state index contributed by atoms with van der Waals surface area (Å²) in [7, 11) is 3.86. The number of aromatic nitrogens is 1. The number of aliphatic imine (C=N–C) groups is 1. The summed E-state index contributed by atoms with van der Waals surface area (Å²) in [5.41, 5.74) is 3.70. The molecule has 0 aliphatic carbocycles. The van der Waals surface area contributed by atoms with E-state index in [1.54, 1.807) is 11.3 Å². The summed E-state index contributed by atoms with van der Waals surface area (Å²) in [4.78, 5) is 13.4. The molecule has 1 aromatic heterocycles. The molecule has 1 heterocycles. The summed E-state index contributed by atoms with van der Waals surface area (Å²) in [6, 6.07) is 8.84. The van der Waals surface area contributed by atoms with E-state index in [0.717, 1.165) is 49.4 Å². The molecule has 0 aliphatic rings.